The van der Waals surface area contributed by atoms with E-state index in [2.05, 4.69) is 119 Å². The van der Waals surface area contributed by atoms with Crippen molar-refractivity contribution in [1.82, 2.24) is 15.0 Å². The third-order valence-corrected chi connectivity index (χ3v) is 7.35. The lowest BCUT2D eigenvalue weighted by atomic mass is 10.0. The molecule has 3 aromatic heterocycles. The zero-order valence-corrected chi connectivity index (χ0v) is 20.5. The largest absolute Gasteiger partial charge is 0.353 e. The first kappa shape index (κ1) is 20.9. The van der Waals surface area contributed by atoms with Gasteiger partial charge in [0, 0.05) is 33.3 Å². The number of pyridine rings is 2. The van der Waals surface area contributed by atoms with Crippen LogP contribution in [-0.2, 0) is 0 Å². The summed E-state index contributed by atoms with van der Waals surface area (Å²) in [6, 6.07) is 44.4. The summed E-state index contributed by atoms with van der Waals surface area (Å²) in [4.78, 5) is 16.2. The van der Waals surface area contributed by atoms with E-state index in [9.17, 15) is 0 Å². The molecule has 1 N–H and O–H groups in total. The fourth-order valence-electron chi connectivity index (χ4n) is 5.62. The fourth-order valence-corrected chi connectivity index (χ4v) is 5.62. The van der Waals surface area contributed by atoms with Crippen molar-refractivity contribution < 1.29 is 0 Å². The number of nitrogens with zero attached hydrogens (tertiary/aromatic N) is 3. The Bertz CT molecular complexity index is 1990. The van der Waals surface area contributed by atoms with Gasteiger partial charge >= 0.3 is 0 Å². The minimum atomic E-state index is 0.834. The standard InChI is InChI=1S/C34H22N4/c1-2-10-23(11-3-1)38-24-12-4-9-22(21-24)25-13-5-14-26-27-15-6-16-28(34(27)37-33(25)26)29-17-7-18-30(35-29)31-19-8-20-32(38)36-31/h1-21,37H. The average Bonchev–Trinajstić information content (AvgIpc) is 3.37. The highest BCUT2D eigenvalue weighted by atomic mass is 15.2. The summed E-state index contributed by atoms with van der Waals surface area (Å²) in [5.74, 6) is 0.842. The van der Waals surface area contributed by atoms with Crippen LogP contribution in [0.2, 0.25) is 0 Å². The van der Waals surface area contributed by atoms with Gasteiger partial charge in [-0.1, -0.05) is 78.9 Å². The molecule has 0 fully saturated rings. The molecule has 1 aliphatic heterocycles. The van der Waals surface area contributed by atoms with Crippen molar-refractivity contribution in [3.05, 3.63) is 127 Å². The molecule has 178 valence electrons. The molecule has 8 rings (SSSR count). The summed E-state index contributed by atoms with van der Waals surface area (Å²) in [6.45, 7) is 0. The summed E-state index contributed by atoms with van der Waals surface area (Å²) in [6.07, 6.45) is 0. The average molecular weight is 487 g/mol. The van der Waals surface area contributed by atoms with Crippen LogP contribution in [0.25, 0.3) is 55.6 Å². The molecule has 0 saturated heterocycles. The van der Waals surface area contributed by atoms with Crippen LogP contribution in [0.15, 0.2) is 127 Å². The number of rotatable bonds is 1. The molecular formula is C34H22N4. The second-order valence-electron chi connectivity index (χ2n) is 9.59. The van der Waals surface area contributed by atoms with Crippen LogP contribution in [0.4, 0.5) is 17.2 Å². The molecule has 0 atom stereocenters. The zero-order valence-electron chi connectivity index (χ0n) is 20.5. The van der Waals surface area contributed by atoms with Crippen molar-refractivity contribution in [2.75, 3.05) is 4.90 Å². The van der Waals surface area contributed by atoms with Crippen LogP contribution in [0.1, 0.15) is 0 Å². The van der Waals surface area contributed by atoms with Gasteiger partial charge in [-0.3, -0.25) is 4.90 Å². The van der Waals surface area contributed by atoms with Gasteiger partial charge < -0.3 is 4.98 Å². The van der Waals surface area contributed by atoms with Crippen LogP contribution in [0.5, 0.6) is 0 Å². The Morgan fingerprint density at radius 2 is 1.11 bits per heavy atom. The van der Waals surface area contributed by atoms with Crippen molar-refractivity contribution >= 4 is 39.0 Å². The van der Waals surface area contributed by atoms with Gasteiger partial charge in [0.05, 0.1) is 28.1 Å². The first-order valence-corrected chi connectivity index (χ1v) is 12.8. The van der Waals surface area contributed by atoms with Crippen molar-refractivity contribution in [2.24, 2.45) is 0 Å². The third-order valence-electron chi connectivity index (χ3n) is 7.35. The summed E-state index contributed by atoms with van der Waals surface area (Å²) < 4.78 is 0. The molecule has 1 aliphatic rings. The Kier molecular flexibility index (Phi) is 4.49. The second-order valence-corrected chi connectivity index (χ2v) is 9.59. The highest BCUT2D eigenvalue weighted by Crippen LogP contribution is 2.40. The normalized spacial score (nSPS) is 12.2. The maximum atomic E-state index is 5.13. The SMILES string of the molecule is c1ccc(N2c3cccc(c3)-c3cccc4c3[nH]c3c(cccc34)-c3cccc(n3)-c3cccc2n3)cc1. The van der Waals surface area contributed by atoms with Gasteiger partial charge in [0.25, 0.3) is 0 Å². The Balaban J connectivity index is 1.51. The van der Waals surface area contributed by atoms with Crippen molar-refractivity contribution in [1.29, 1.82) is 0 Å². The maximum absolute atomic E-state index is 5.13. The van der Waals surface area contributed by atoms with Crippen molar-refractivity contribution in [3.8, 4) is 33.8 Å². The fraction of sp³-hybridized carbons (Fsp3) is 0. The third kappa shape index (κ3) is 3.17. The number of para-hydroxylation sites is 3. The molecule has 0 radical (unpaired) electrons. The van der Waals surface area contributed by atoms with Gasteiger partial charge in [0.1, 0.15) is 5.82 Å². The topological polar surface area (TPSA) is 44.8 Å². The number of hydrogen-bond donors (Lipinski definition) is 1. The number of nitrogens with one attached hydrogen (secondary N) is 1. The van der Waals surface area contributed by atoms with E-state index in [4.69, 9.17) is 9.97 Å². The summed E-state index contributed by atoms with van der Waals surface area (Å²) in [7, 11) is 0. The molecule has 7 aromatic rings. The number of aromatic amines is 1. The molecule has 0 spiro atoms. The predicted molar refractivity (Wildman–Crippen MR) is 156 cm³/mol. The second kappa shape index (κ2) is 8.15. The first-order valence-electron chi connectivity index (χ1n) is 12.8. The lowest BCUT2D eigenvalue weighted by molar-refractivity contribution is 1.17. The van der Waals surface area contributed by atoms with Crippen molar-refractivity contribution in [2.45, 2.75) is 0 Å². The van der Waals surface area contributed by atoms with E-state index in [1.54, 1.807) is 0 Å². The monoisotopic (exact) mass is 486 g/mol. The smallest absolute Gasteiger partial charge is 0.138 e. The van der Waals surface area contributed by atoms with Gasteiger partial charge in [-0.15, -0.1) is 0 Å². The Hall–Kier alpha value is -5.22. The van der Waals surface area contributed by atoms with E-state index in [-0.39, 0.29) is 0 Å². The van der Waals surface area contributed by atoms with Crippen LogP contribution in [-0.4, -0.2) is 15.0 Å². The van der Waals surface area contributed by atoms with E-state index in [0.29, 0.717) is 0 Å². The van der Waals surface area contributed by atoms with Crippen LogP contribution < -0.4 is 4.90 Å². The van der Waals surface area contributed by atoms with Gasteiger partial charge in [0.15, 0.2) is 0 Å². The lowest BCUT2D eigenvalue weighted by Crippen LogP contribution is -2.12. The molecule has 4 heteroatoms. The van der Waals surface area contributed by atoms with E-state index < -0.39 is 0 Å². The molecular weight excluding hydrogens is 464 g/mol. The molecule has 0 amide bonds. The summed E-state index contributed by atoms with van der Waals surface area (Å²) >= 11 is 0. The quantitative estimate of drug-likeness (QED) is 0.252. The predicted octanol–water partition coefficient (Wildman–Crippen LogP) is 8.90. The summed E-state index contributed by atoms with van der Waals surface area (Å²) in [5.41, 5.74) is 10.3. The number of H-pyrrole nitrogens is 1. The van der Waals surface area contributed by atoms with Gasteiger partial charge in [0.2, 0.25) is 0 Å². The van der Waals surface area contributed by atoms with Gasteiger partial charge in [-0.05, 0) is 54.1 Å². The lowest BCUT2D eigenvalue weighted by Gasteiger charge is -2.25. The number of anilines is 3. The molecule has 0 unspecified atom stereocenters. The van der Waals surface area contributed by atoms with E-state index in [1.807, 2.05) is 18.2 Å². The highest BCUT2D eigenvalue weighted by molar-refractivity contribution is 6.15. The maximum Gasteiger partial charge on any atom is 0.138 e. The van der Waals surface area contributed by atoms with Gasteiger partial charge in [-0.2, -0.15) is 0 Å². The Labute approximate surface area is 219 Å². The summed E-state index contributed by atoms with van der Waals surface area (Å²) in [5, 5.41) is 2.40. The Morgan fingerprint density at radius 3 is 1.95 bits per heavy atom. The minimum absolute atomic E-state index is 0.834. The first-order chi connectivity index (χ1) is 18.8. The molecule has 0 saturated carbocycles. The van der Waals surface area contributed by atoms with Gasteiger partial charge in [-0.25, -0.2) is 9.97 Å². The zero-order chi connectivity index (χ0) is 25.1. The molecule has 8 bridgehead atoms. The Morgan fingerprint density at radius 1 is 0.474 bits per heavy atom. The molecule has 4 aromatic carbocycles. The highest BCUT2D eigenvalue weighted by Gasteiger charge is 2.19. The van der Waals surface area contributed by atoms with Crippen LogP contribution >= 0.6 is 0 Å². The number of hydrogen-bond acceptors (Lipinski definition) is 3. The number of fused-ring (bicyclic) bond motifs is 10. The molecule has 4 heterocycles. The molecule has 4 nitrogen and oxygen atoms in total. The minimum Gasteiger partial charge on any atom is -0.353 e. The number of benzene rings is 4. The number of aromatic nitrogens is 3. The van der Waals surface area contributed by atoms with E-state index in [0.717, 1.165) is 62.0 Å². The van der Waals surface area contributed by atoms with E-state index in [1.165, 1.54) is 10.8 Å². The molecule has 0 aliphatic carbocycles. The van der Waals surface area contributed by atoms with Crippen molar-refractivity contribution in [3.63, 3.8) is 0 Å². The van der Waals surface area contributed by atoms with E-state index >= 15 is 0 Å². The van der Waals surface area contributed by atoms with Crippen LogP contribution in [0, 0.1) is 0 Å². The molecule has 38 heavy (non-hydrogen) atoms. The van der Waals surface area contributed by atoms with Crippen LogP contribution in [0.3, 0.4) is 0 Å².